The van der Waals surface area contributed by atoms with E-state index in [1.54, 1.807) is 18.6 Å². The van der Waals surface area contributed by atoms with E-state index in [9.17, 15) is 0 Å². The normalized spacial score (nSPS) is 9.80. The van der Waals surface area contributed by atoms with E-state index in [-0.39, 0.29) is 0 Å². The Morgan fingerprint density at radius 3 is 3.07 bits per heavy atom. The first-order valence-corrected chi connectivity index (χ1v) is 5.20. The van der Waals surface area contributed by atoms with Crippen LogP contribution in [0.5, 0.6) is 0 Å². The van der Waals surface area contributed by atoms with Gasteiger partial charge in [0.2, 0.25) is 0 Å². The lowest BCUT2D eigenvalue weighted by atomic mass is 10.3. The molecule has 0 atom stereocenters. The number of hydrogen-bond donors (Lipinski definition) is 1. The van der Waals surface area contributed by atoms with Gasteiger partial charge in [-0.3, -0.25) is 4.98 Å². The summed E-state index contributed by atoms with van der Waals surface area (Å²) in [5.41, 5.74) is 0.793. The molecular weight excluding hydrogens is 208 g/mol. The third kappa shape index (κ3) is 2.36. The number of nitrogens with zero attached hydrogens (tertiary/aromatic N) is 3. The molecule has 0 unspecified atom stereocenters. The molecule has 0 fully saturated rings. The maximum Gasteiger partial charge on any atom is 0.170 e. The molecule has 0 aliphatic rings. The van der Waals surface area contributed by atoms with E-state index in [4.69, 9.17) is 5.26 Å². The largest absolute Gasteiger partial charge is 0.339 e. The Kier molecular flexibility index (Phi) is 3.00. The van der Waals surface area contributed by atoms with Crippen molar-refractivity contribution in [2.24, 2.45) is 0 Å². The highest BCUT2D eigenvalue weighted by Crippen LogP contribution is 2.26. The molecule has 2 aromatic heterocycles. The van der Waals surface area contributed by atoms with E-state index >= 15 is 0 Å². The molecule has 0 aliphatic carbocycles. The summed E-state index contributed by atoms with van der Waals surface area (Å²) in [7, 11) is 0. The Balaban J connectivity index is 2.24. The Bertz CT molecular complexity index is 472. The van der Waals surface area contributed by atoms with Gasteiger partial charge in [0, 0.05) is 23.5 Å². The highest BCUT2D eigenvalue weighted by Gasteiger charge is 2.05. The number of H-pyrrole nitrogens is 1. The first-order valence-electron chi connectivity index (χ1n) is 4.38. The number of imidazole rings is 1. The SMILES string of the molecule is N#CCc1ncccc1Sc1ncc[nH]1. The standard InChI is InChI=1S/C10H8N4S/c11-4-3-8-9(2-1-5-12-8)15-10-13-6-7-14-10/h1-2,5-7H,3H2,(H,13,14). The molecule has 0 aliphatic heterocycles. The molecule has 4 nitrogen and oxygen atoms in total. The molecule has 0 bridgehead atoms. The third-order valence-corrected chi connectivity index (χ3v) is 2.78. The summed E-state index contributed by atoms with van der Waals surface area (Å²) in [6.07, 6.45) is 5.48. The fourth-order valence-electron chi connectivity index (χ4n) is 1.13. The highest BCUT2D eigenvalue weighted by molar-refractivity contribution is 7.99. The van der Waals surface area contributed by atoms with Gasteiger partial charge in [-0.15, -0.1) is 0 Å². The van der Waals surface area contributed by atoms with Crippen molar-refractivity contribution >= 4 is 11.8 Å². The van der Waals surface area contributed by atoms with Gasteiger partial charge >= 0.3 is 0 Å². The summed E-state index contributed by atoms with van der Waals surface area (Å²) in [5, 5.41) is 9.46. The Labute approximate surface area is 91.4 Å². The maximum absolute atomic E-state index is 8.65. The summed E-state index contributed by atoms with van der Waals surface area (Å²) < 4.78 is 0. The average molecular weight is 216 g/mol. The van der Waals surface area contributed by atoms with Gasteiger partial charge in [0.25, 0.3) is 0 Å². The van der Waals surface area contributed by atoms with Gasteiger partial charge in [-0.05, 0) is 23.9 Å². The van der Waals surface area contributed by atoms with Crippen molar-refractivity contribution in [1.82, 2.24) is 15.0 Å². The van der Waals surface area contributed by atoms with Crippen LogP contribution in [0.25, 0.3) is 0 Å². The van der Waals surface area contributed by atoms with Gasteiger partial charge in [-0.1, -0.05) is 0 Å². The number of hydrogen-bond acceptors (Lipinski definition) is 4. The van der Waals surface area contributed by atoms with Crippen LogP contribution in [0.2, 0.25) is 0 Å². The first kappa shape index (κ1) is 9.74. The molecule has 0 saturated carbocycles. The zero-order valence-corrected chi connectivity index (χ0v) is 8.66. The molecule has 1 N–H and O–H groups in total. The van der Waals surface area contributed by atoms with Crippen molar-refractivity contribution in [2.75, 3.05) is 0 Å². The summed E-state index contributed by atoms with van der Waals surface area (Å²) in [6.45, 7) is 0. The van der Waals surface area contributed by atoms with Crippen LogP contribution in [-0.2, 0) is 6.42 Å². The predicted molar refractivity (Wildman–Crippen MR) is 56.3 cm³/mol. The van der Waals surface area contributed by atoms with Gasteiger partial charge < -0.3 is 4.98 Å². The zero-order valence-electron chi connectivity index (χ0n) is 7.84. The number of pyridine rings is 1. The van der Waals surface area contributed by atoms with Gasteiger partial charge in [0.15, 0.2) is 5.16 Å². The number of nitriles is 1. The summed E-state index contributed by atoms with van der Waals surface area (Å²) in [5.74, 6) is 0. The van der Waals surface area contributed by atoms with Crippen LogP contribution in [0, 0.1) is 11.3 Å². The minimum absolute atomic E-state index is 0.323. The van der Waals surface area contributed by atoms with E-state index in [0.29, 0.717) is 6.42 Å². The first-order chi connectivity index (χ1) is 7.40. The molecule has 2 rings (SSSR count). The molecule has 0 aromatic carbocycles. The number of rotatable bonds is 3. The fourth-order valence-corrected chi connectivity index (χ4v) is 1.97. The summed E-state index contributed by atoms with van der Waals surface area (Å²) >= 11 is 1.48. The lowest BCUT2D eigenvalue weighted by Crippen LogP contribution is -1.90. The van der Waals surface area contributed by atoms with Crippen LogP contribution in [-0.4, -0.2) is 15.0 Å². The fraction of sp³-hybridized carbons (Fsp3) is 0.100. The smallest absolute Gasteiger partial charge is 0.170 e. The lowest BCUT2D eigenvalue weighted by molar-refractivity contribution is 1.02. The highest BCUT2D eigenvalue weighted by atomic mass is 32.2. The molecule has 15 heavy (non-hydrogen) atoms. The molecule has 0 spiro atoms. The molecule has 0 saturated heterocycles. The quantitative estimate of drug-likeness (QED) is 0.852. The van der Waals surface area contributed by atoms with Crippen LogP contribution < -0.4 is 0 Å². The summed E-state index contributed by atoms with van der Waals surface area (Å²) in [4.78, 5) is 12.2. The van der Waals surface area contributed by atoms with E-state index in [1.165, 1.54) is 11.8 Å². The van der Waals surface area contributed by atoms with Gasteiger partial charge in [-0.2, -0.15) is 5.26 Å². The number of nitrogens with one attached hydrogen (secondary N) is 1. The van der Waals surface area contributed by atoms with Crippen molar-refractivity contribution < 1.29 is 0 Å². The molecule has 0 amide bonds. The topological polar surface area (TPSA) is 65.4 Å². The molecule has 5 heteroatoms. The molecule has 2 heterocycles. The average Bonchev–Trinajstić information content (AvgIpc) is 2.74. The Morgan fingerprint density at radius 2 is 2.33 bits per heavy atom. The van der Waals surface area contributed by atoms with Crippen LogP contribution >= 0.6 is 11.8 Å². The van der Waals surface area contributed by atoms with E-state index in [0.717, 1.165) is 15.7 Å². The molecule has 0 radical (unpaired) electrons. The van der Waals surface area contributed by atoms with E-state index in [2.05, 4.69) is 21.0 Å². The van der Waals surface area contributed by atoms with Gasteiger partial charge in [0.1, 0.15) is 0 Å². The van der Waals surface area contributed by atoms with Crippen molar-refractivity contribution in [3.63, 3.8) is 0 Å². The summed E-state index contributed by atoms with van der Waals surface area (Å²) in [6, 6.07) is 5.89. The number of aromatic amines is 1. The van der Waals surface area contributed by atoms with Crippen LogP contribution in [0.3, 0.4) is 0 Å². The van der Waals surface area contributed by atoms with Crippen molar-refractivity contribution in [3.8, 4) is 6.07 Å². The van der Waals surface area contributed by atoms with Crippen LogP contribution in [0.4, 0.5) is 0 Å². The molecular formula is C10H8N4S. The van der Waals surface area contributed by atoms with Crippen molar-refractivity contribution in [2.45, 2.75) is 16.5 Å². The van der Waals surface area contributed by atoms with Crippen molar-refractivity contribution in [1.29, 1.82) is 5.26 Å². The zero-order chi connectivity index (χ0) is 10.5. The minimum atomic E-state index is 0.323. The third-order valence-electron chi connectivity index (χ3n) is 1.77. The second kappa shape index (κ2) is 4.62. The van der Waals surface area contributed by atoms with Gasteiger partial charge in [-0.25, -0.2) is 4.98 Å². The van der Waals surface area contributed by atoms with Crippen molar-refractivity contribution in [3.05, 3.63) is 36.4 Å². The monoisotopic (exact) mass is 216 g/mol. The lowest BCUT2D eigenvalue weighted by Gasteiger charge is -2.02. The van der Waals surface area contributed by atoms with E-state index < -0.39 is 0 Å². The molecule has 2 aromatic rings. The molecule has 74 valence electrons. The van der Waals surface area contributed by atoms with E-state index in [1.807, 2.05) is 12.1 Å². The Hall–Kier alpha value is -1.80. The Morgan fingerprint density at radius 1 is 1.40 bits per heavy atom. The van der Waals surface area contributed by atoms with Crippen LogP contribution in [0.15, 0.2) is 40.8 Å². The predicted octanol–water partition coefficient (Wildman–Crippen LogP) is 2.02. The minimum Gasteiger partial charge on any atom is -0.339 e. The second-order valence-corrected chi connectivity index (χ2v) is 3.81. The maximum atomic E-state index is 8.65. The van der Waals surface area contributed by atoms with Crippen LogP contribution in [0.1, 0.15) is 5.69 Å². The van der Waals surface area contributed by atoms with Gasteiger partial charge in [0.05, 0.1) is 18.2 Å². The number of aromatic nitrogens is 3. The second-order valence-electron chi connectivity index (χ2n) is 2.78.